The van der Waals surface area contributed by atoms with E-state index in [4.69, 9.17) is 4.74 Å². The molecule has 102 valence electrons. The Balaban J connectivity index is 0.000000771. The van der Waals surface area contributed by atoms with Gasteiger partial charge in [-0.15, -0.1) is 0 Å². The molecular weight excluding hydrogens is 230 g/mol. The van der Waals surface area contributed by atoms with Crippen molar-refractivity contribution in [2.45, 2.75) is 33.0 Å². The van der Waals surface area contributed by atoms with Crippen molar-refractivity contribution in [3.63, 3.8) is 0 Å². The summed E-state index contributed by atoms with van der Waals surface area (Å²) in [5.41, 5.74) is 2.05. The maximum atomic E-state index is 9.52. The van der Waals surface area contributed by atoms with Crippen molar-refractivity contribution >= 4 is 5.69 Å². The van der Waals surface area contributed by atoms with Gasteiger partial charge in [0.2, 0.25) is 0 Å². The van der Waals surface area contributed by atoms with E-state index in [0.717, 1.165) is 17.0 Å². The maximum absolute atomic E-state index is 9.52. The van der Waals surface area contributed by atoms with Crippen LogP contribution in [0.25, 0.3) is 0 Å². The summed E-state index contributed by atoms with van der Waals surface area (Å²) < 4.78 is 5.30. The molecule has 0 radical (unpaired) electrons. The summed E-state index contributed by atoms with van der Waals surface area (Å²) in [4.78, 5) is 1.94. The zero-order valence-electron chi connectivity index (χ0n) is 11.6. The number of methoxy groups -OCH3 is 1. The Morgan fingerprint density at radius 2 is 1.72 bits per heavy atom. The smallest absolute Gasteiger partial charge is 0.142 e. The standard InChI is InChI=1S/C12H17NO3.C2H6/c1-8-3-4-9(12(5-8)16-2)13-6-10(14)11(15)7-13;1-2/h3-5,10-11,14-15H,6-7H2,1-2H3;1-2H3. The van der Waals surface area contributed by atoms with Crippen molar-refractivity contribution in [3.8, 4) is 5.75 Å². The molecule has 2 atom stereocenters. The third-order valence-electron chi connectivity index (χ3n) is 2.93. The molecule has 1 aliphatic rings. The fourth-order valence-electron chi connectivity index (χ4n) is 2.01. The first-order valence-electron chi connectivity index (χ1n) is 6.37. The third kappa shape index (κ3) is 3.15. The molecular formula is C14H23NO3. The summed E-state index contributed by atoms with van der Waals surface area (Å²) >= 11 is 0. The van der Waals surface area contributed by atoms with Crippen LogP contribution in [0.5, 0.6) is 5.75 Å². The second-order valence-corrected chi connectivity index (χ2v) is 4.21. The minimum Gasteiger partial charge on any atom is -0.495 e. The van der Waals surface area contributed by atoms with E-state index in [1.54, 1.807) is 7.11 Å². The van der Waals surface area contributed by atoms with E-state index >= 15 is 0 Å². The van der Waals surface area contributed by atoms with Crippen LogP contribution in [0.3, 0.4) is 0 Å². The van der Waals surface area contributed by atoms with Gasteiger partial charge in [-0.25, -0.2) is 0 Å². The molecule has 0 bridgehead atoms. The first-order valence-corrected chi connectivity index (χ1v) is 6.37. The zero-order valence-corrected chi connectivity index (χ0v) is 11.6. The van der Waals surface area contributed by atoms with Crippen LogP contribution in [-0.2, 0) is 0 Å². The summed E-state index contributed by atoms with van der Waals surface area (Å²) in [6.45, 7) is 6.89. The molecule has 0 aliphatic carbocycles. The first kappa shape index (κ1) is 14.8. The number of ether oxygens (including phenoxy) is 1. The van der Waals surface area contributed by atoms with Gasteiger partial charge in [0.15, 0.2) is 0 Å². The number of β-amino-alcohol motifs (C(OH)–C–C–N with tert-alkyl or cyclic N) is 2. The Morgan fingerprint density at radius 3 is 2.22 bits per heavy atom. The number of hydrogen-bond acceptors (Lipinski definition) is 4. The van der Waals surface area contributed by atoms with E-state index in [1.165, 1.54) is 0 Å². The highest BCUT2D eigenvalue weighted by molar-refractivity contribution is 5.60. The SMILES string of the molecule is CC.COc1cc(C)ccc1N1CC(O)C(O)C1. The van der Waals surface area contributed by atoms with Crippen LogP contribution >= 0.6 is 0 Å². The van der Waals surface area contributed by atoms with Crippen molar-refractivity contribution in [2.24, 2.45) is 0 Å². The van der Waals surface area contributed by atoms with Crippen LogP contribution in [0.1, 0.15) is 19.4 Å². The number of anilines is 1. The fourth-order valence-corrected chi connectivity index (χ4v) is 2.01. The molecule has 0 spiro atoms. The average Bonchev–Trinajstić information content (AvgIpc) is 2.71. The van der Waals surface area contributed by atoms with Crippen molar-refractivity contribution < 1.29 is 14.9 Å². The third-order valence-corrected chi connectivity index (χ3v) is 2.93. The monoisotopic (exact) mass is 253 g/mol. The van der Waals surface area contributed by atoms with Crippen LogP contribution in [0.4, 0.5) is 5.69 Å². The Labute approximate surface area is 109 Å². The van der Waals surface area contributed by atoms with Gasteiger partial charge in [-0.1, -0.05) is 19.9 Å². The second-order valence-electron chi connectivity index (χ2n) is 4.21. The molecule has 1 saturated heterocycles. The highest BCUT2D eigenvalue weighted by Gasteiger charge is 2.30. The first-order chi connectivity index (χ1) is 8.61. The summed E-state index contributed by atoms with van der Waals surface area (Å²) in [5, 5.41) is 19.0. The van der Waals surface area contributed by atoms with E-state index in [-0.39, 0.29) is 0 Å². The molecule has 0 aromatic heterocycles. The predicted molar refractivity (Wildman–Crippen MR) is 73.3 cm³/mol. The van der Waals surface area contributed by atoms with Gasteiger partial charge in [0.1, 0.15) is 5.75 Å². The van der Waals surface area contributed by atoms with Crippen LogP contribution in [0, 0.1) is 6.92 Å². The van der Waals surface area contributed by atoms with Gasteiger partial charge < -0.3 is 19.8 Å². The van der Waals surface area contributed by atoms with Gasteiger partial charge in [0.05, 0.1) is 25.0 Å². The van der Waals surface area contributed by atoms with Crippen LogP contribution in [-0.4, -0.2) is 42.6 Å². The van der Waals surface area contributed by atoms with Crippen molar-refractivity contribution in [1.29, 1.82) is 0 Å². The minimum atomic E-state index is -0.675. The van der Waals surface area contributed by atoms with Gasteiger partial charge in [-0.3, -0.25) is 0 Å². The molecule has 1 aromatic carbocycles. The Morgan fingerprint density at radius 1 is 1.17 bits per heavy atom. The van der Waals surface area contributed by atoms with Gasteiger partial charge in [0.25, 0.3) is 0 Å². The highest BCUT2D eigenvalue weighted by atomic mass is 16.5. The van der Waals surface area contributed by atoms with E-state index in [9.17, 15) is 10.2 Å². The number of benzene rings is 1. The average molecular weight is 253 g/mol. The summed E-state index contributed by atoms with van der Waals surface area (Å²) in [5.74, 6) is 0.779. The molecule has 2 unspecified atom stereocenters. The van der Waals surface area contributed by atoms with Gasteiger partial charge in [-0.05, 0) is 24.6 Å². The fraction of sp³-hybridized carbons (Fsp3) is 0.571. The van der Waals surface area contributed by atoms with Gasteiger partial charge >= 0.3 is 0 Å². The molecule has 0 amide bonds. The number of aliphatic hydroxyl groups is 2. The number of aliphatic hydroxyl groups excluding tert-OH is 2. The van der Waals surface area contributed by atoms with Crippen LogP contribution in [0.15, 0.2) is 18.2 Å². The Bertz CT molecular complexity index is 371. The van der Waals surface area contributed by atoms with E-state index in [2.05, 4.69) is 0 Å². The number of rotatable bonds is 2. The Kier molecular flexibility index (Phi) is 5.44. The van der Waals surface area contributed by atoms with E-state index < -0.39 is 12.2 Å². The number of hydrogen-bond donors (Lipinski definition) is 2. The molecule has 18 heavy (non-hydrogen) atoms. The van der Waals surface area contributed by atoms with Crippen molar-refractivity contribution in [2.75, 3.05) is 25.1 Å². The molecule has 0 saturated carbocycles. The topological polar surface area (TPSA) is 52.9 Å². The zero-order chi connectivity index (χ0) is 13.7. The molecule has 1 aliphatic heterocycles. The van der Waals surface area contributed by atoms with Crippen LogP contribution < -0.4 is 9.64 Å². The summed E-state index contributed by atoms with van der Waals surface area (Å²) in [6.07, 6.45) is -1.35. The molecule has 1 heterocycles. The molecule has 1 fully saturated rings. The quantitative estimate of drug-likeness (QED) is 0.840. The summed E-state index contributed by atoms with van der Waals surface area (Å²) in [7, 11) is 1.63. The lowest BCUT2D eigenvalue weighted by atomic mass is 10.2. The second kappa shape index (κ2) is 6.61. The molecule has 1 aromatic rings. The van der Waals surface area contributed by atoms with Gasteiger partial charge in [-0.2, -0.15) is 0 Å². The van der Waals surface area contributed by atoms with Gasteiger partial charge in [0, 0.05) is 13.1 Å². The van der Waals surface area contributed by atoms with Crippen molar-refractivity contribution in [3.05, 3.63) is 23.8 Å². The molecule has 4 heteroatoms. The van der Waals surface area contributed by atoms with Crippen molar-refractivity contribution in [1.82, 2.24) is 0 Å². The highest BCUT2D eigenvalue weighted by Crippen LogP contribution is 2.31. The van der Waals surface area contributed by atoms with E-state index in [0.29, 0.717) is 13.1 Å². The minimum absolute atomic E-state index is 0.445. The predicted octanol–water partition coefficient (Wildman–Crippen LogP) is 1.57. The lowest BCUT2D eigenvalue weighted by Crippen LogP contribution is -2.22. The largest absolute Gasteiger partial charge is 0.495 e. The number of aryl methyl sites for hydroxylation is 1. The summed E-state index contributed by atoms with van der Waals surface area (Å²) in [6, 6.07) is 5.90. The number of nitrogens with zero attached hydrogens (tertiary/aromatic N) is 1. The van der Waals surface area contributed by atoms with E-state index in [1.807, 2.05) is 43.9 Å². The Hall–Kier alpha value is -1.26. The maximum Gasteiger partial charge on any atom is 0.142 e. The molecule has 2 N–H and O–H groups in total. The molecule has 4 nitrogen and oxygen atoms in total. The van der Waals surface area contributed by atoms with Crippen LogP contribution in [0.2, 0.25) is 0 Å². The lowest BCUT2D eigenvalue weighted by molar-refractivity contribution is 0.0572. The normalized spacial score (nSPS) is 22.4. The molecule has 2 rings (SSSR count). The lowest BCUT2D eigenvalue weighted by Gasteiger charge is -2.20.